The predicted octanol–water partition coefficient (Wildman–Crippen LogP) is 6.32. The van der Waals surface area contributed by atoms with Crippen molar-refractivity contribution in [3.8, 4) is 34.1 Å². The Morgan fingerprint density at radius 2 is 1.57 bits per heavy atom. The minimum Gasteiger partial charge on any atom is -0.438 e. The number of anilines is 3. The van der Waals surface area contributed by atoms with Crippen LogP contribution in [0, 0.1) is 0 Å². The molecule has 0 radical (unpaired) electrons. The SMILES string of the molecule is C[C@H](O)c1ccc(-c2nnc(Nc3ccc(Oc4ncccc4-c4ccnc(N)n4)cc3)c3ccccc23)cc1. The van der Waals surface area contributed by atoms with Crippen molar-refractivity contribution < 1.29 is 9.84 Å². The van der Waals surface area contributed by atoms with E-state index in [0.29, 0.717) is 28.7 Å². The number of nitrogen functional groups attached to an aromatic ring is 1. The number of benzene rings is 3. The Balaban J connectivity index is 1.24. The Labute approximate surface area is 230 Å². The molecule has 0 aliphatic carbocycles. The minimum absolute atomic E-state index is 0.181. The molecule has 3 heterocycles. The molecular formula is C31H25N7O2. The molecule has 0 saturated carbocycles. The molecule has 0 fully saturated rings. The van der Waals surface area contributed by atoms with Gasteiger partial charge in [0.05, 0.1) is 17.4 Å². The van der Waals surface area contributed by atoms with Gasteiger partial charge in [0.2, 0.25) is 11.8 Å². The Hall–Kier alpha value is -5.41. The van der Waals surface area contributed by atoms with Gasteiger partial charge in [-0.1, -0.05) is 48.5 Å². The first kappa shape index (κ1) is 24.9. The molecule has 0 aliphatic rings. The summed E-state index contributed by atoms with van der Waals surface area (Å²) in [5.74, 6) is 1.84. The average Bonchev–Trinajstić information content (AvgIpc) is 2.99. The molecule has 0 unspecified atom stereocenters. The standard InChI is InChI=1S/C31H25N7O2/c1-19(39)20-8-10-21(11-9-20)28-24-5-2-3-6-25(24)29(38-37-28)35-22-12-14-23(15-13-22)40-30-26(7-4-17-33-30)27-16-18-34-31(32)36-27/h2-19,39H,1H3,(H,35,38)(H2,32,34,36)/t19-/m0/s1. The van der Waals surface area contributed by atoms with Crippen LogP contribution in [-0.2, 0) is 0 Å². The number of aliphatic hydroxyl groups excluding tert-OH is 1. The fourth-order valence-electron chi connectivity index (χ4n) is 4.37. The second kappa shape index (κ2) is 10.8. The molecule has 3 aromatic carbocycles. The van der Waals surface area contributed by atoms with Crippen LogP contribution in [0.5, 0.6) is 11.6 Å². The Kier molecular flexibility index (Phi) is 6.70. The molecule has 0 saturated heterocycles. The van der Waals surface area contributed by atoms with Crippen LogP contribution in [0.25, 0.3) is 33.3 Å². The average molecular weight is 528 g/mol. The van der Waals surface area contributed by atoms with Gasteiger partial charge < -0.3 is 20.9 Å². The van der Waals surface area contributed by atoms with Crippen LogP contribution >= 0.6 is 0 Å². The van der Waals surface area contributed by atoms with Gasteiger partial charge in [0.25, 0.3) is 0 Å². The van der Waals surface area contributed by atoms with Crippen molar-refractivity contribution in [3.05, 3.63) is 109 Å². The second-order valence-electron chi connectivity index (χ2n) is 9.15. The van der Waals surface area contributed by atoms with E-state index in [4.69, 9.17) is 10.5 Å². The summed E-state index contributed by atoms with van der Waals surface area (Å²) in [5, 5.41) is 24.2. The molecule has 9 nitrogen and oxygen atoms in total. The highest BCUT2D eigenvalue weighted by Gasteiger charge is 2.13. The number of nitrogens with one attached hydrogen (secondary N) is 1. The summed E-state index contributed by atoms with van der Waals surface area (Å²) in [4.78, 5) is 12.6. The Morgan fingerprint density at radius 3 is 2.33 bits per heavy atom. The number of nitrogens with two attached hydrogens (primary N) is 1. The smallest absolute Gasteiger partial charge is 0.228 e. The van der Waals surface area contributed by atoms with Crippen LogP contribution in [0.15, 0.2) is 103 Å². The summed E-state index contributed by atoms with van der Waals surface area (Å²) in [5.41, 5.74) is 10.5. The number of nitrogens with zero attached hydrogens (tertiary/aromatic N) is 5. The molecule has 4 N–H and O–H groups in total. The lowest BCUT2D eigenvalue weighted by atomic mass is 10.0. The fraction of sp³-hybridized carbons (Fsp3) is 0.0645. The van der Waals surface area contributed by atoms with Gasteiger partial charge in [-0.15, -0.1) is 10.2 Å². The monoisotopic (exact) mass is 527 g/mol. The van der Waals surface area contributed by atoms with Gasteiger partial charge in [-0.25, -0.2) is 15.0 Å². The van der Waals surface area contributed by atoms with Crippen molar-refractivity contribution in [2.75, 3.05) is 11.1 Å². The highest BCUT2D eigenvalue weighted by atomic mass is 16.5. The number of rotatable bonds is 7. The van der Waals surface area contributed by atoms with Crippen molar-refractivity contribution in [1.29, 1.82) is 0 Å². The first-order chi connectivity index (χ1) is 19.5. The van der Waals surface area contributed by atoms with E-state index in [2.05, 4.69) is 30.5 Å². The van der Waals surface area contributed by atoms with Crippen molar-refractivity contribution in [1.82, 2.24) is 25.1 Å². The maximum Gasteiger partial charge on any atom is 0.228 e. The zero-order chi connectivity index (χ0) is 27.5. The lowest BCUT2D eigenvalue weighted by Crippen LogP contribution is -2.00. The van der Waals surface area contributed by atoms with Gasteiger partial charge in [0, 0.05) is 34.4 Å². The first-order valence-corrected chi connectivity index (χ1v) is 12.7. The number of pyridine rings is 1. The summed E-state index contributed by atoms with van der Waals surface area (Å²) in [6.07, 6.45) is 2.74. The van der Waals surface area contributed by atoms with Crippen molar-refractivity contribution in [2.45, 2.75) is 13.0 Å². The van der Waals surface area contributed by atoms with Gasteiger partial charge in [0.1, 0.15) is 11.4 Å². The molecule has 40 heavy (non-hydrogen) atoms. The van der Waals surface area contributed by atoms with Crippen LogP contribution in [0.4, 0.5) is 17.5 Å². The predicted molar refractivity (Wildman–Crippen MR) is 155 cm³/mol. The van der Waals surface area contributed by atoms with Gasteiger partial charge in [-0.2, -0.15) is 0 Å². The number of ether oxygens (including phenoxy) is 1. The zero-order valence-electron chi connectivity index (χ0n) is 21.6. The van der Waals surface area contributed by atoms with Crippen LogP contribution in [0.3, 0.4) is 0 Å². The minimum atomic E-state index is -0.524. The molecule has 6 rings (SSSR count). The number of fused-ring (bicyclic) bond motifs is 1. The van der Waals surface area contributed by atoms with E-state index < -0.39 is 6.10 Å². The maximum atomic E-state index is 9.84. The fourth-order valence-corrected chi connectivity index (χ4v) is 4.37. The topological polar surface area (TPSA) is 132 Å². The number of aliphatic hydroxyl groups is 1. The lowest BCUT2D eigenvalue weighted by molar-refractivity contribution is 0.199. The summed E-state index contributed by atoms with van der Waals surface area (Å²) in [6.45, 7) is 1.75. The van der Waals surface area contributed by atoms with E-state index in [-0.39, 0.29) is 5.95 Å². The van der Waals surface area contributed by atoms with Gasteiger partial charge in [-0.3, -0.25) is 0 Å². The van der Waals surface area contributed by atoms with E-state index in [9.17, 15) is 5.11 Å². The van der Waals surface area contributed by atoms with Crippen molar-refractivity contribution in [2.24, 2.45) is 0 Å². The normalized spacial score (nSPS) is 11.8. The number of hydrogen-bond acceptors (Lipinski definition) is 9. The third-order valence-corrected chi connectivity index (χ3v) is 6.41. The Bertz CT molecular complexity index is 1790. The zero-order valence-corrected chi connectivity index (χ0v) is 21.6. The van der Waals surface area contributed by atoms with Gasteiger partial charge in [-0.05, 0) is 55.0 Å². The van der Waals surface area contributed by atoms with Crippen molar-refractivity contribution in [3.63, 3.8) is 0 Å². The quantitative estimate of drug-likeness (QED) is 0.218. The van der Waals surface area contributed by atoms with E-state index in [1.807, 2.05) is 84.9 Å². The third kappa shape index (κ3) is 5.13. The van der Waals surface area contributed by atoms with Crippen LogP contribution in [-0.4, -0.2) is 30.3 Å². The summed E-state index contributed by atoms with van der Waals surface area (Å²) in [7, 11) is 0. The highest BCUT2D eigenvalue weighted by Crippen LogP contribution is 2.33. The number of aromatic nitrogens is 5. The number of hydrogen-bond donors (Lipinski definition) is 3. The molecule has 6 aromatic rings. The third-order valence-electron chi connectivity index (χ3n) is 6.41. The second-order valence-corrected chi connectivity index (χ2v) is 9.15. The van der Waals surface area contributed by atoms with E-state index in [0.717, 1.165) is 33.3 Å². The van der Waals surface area contributed by atoms with Crippen LogP contribution < -0.4 is 15.8 Å². The molecule has 0 bridgehead atoms. The Morgan fingerprint density at radius 1 is 0.800 bits per heavy atom. The summed E-state index contributed by atoms with van der Waals surface area (Å²) < 4.78 is 6.08. The maximum absolute atomic E-state index is 9.84. The van der Waals surface area contributed by atoms with Gasteiger partial charge in [0.15, 0.2) is 5.82 Å². The molecule has 1 atom stereocenters. The van der Waals surface area contributed by atoms with Crippen molar-refractivity contribution >= 4 is 28.2 Å². The first-order valence-electron chi connectivity index (χ1n) is 12.7. The van der Waals surface area contributed by atoms with E-state index in [1.165, 1.54) is 0 Å². The molecular weight excluding hydrogens is 502 g/mol. The summed E-state index contributed by atoms with van der Waals surface area (Å²) >= 11 is 0. The van der Waals surface area contributed by atoms with Crippen LogP contribution in [0.1, 0.15) is 18.6 Å². The molecule has 196 valence electrons. The largest absolute Gasteiger partial charge is 0.438 e. The van der Waals surface area contributed by atoms with E-state index in [1.54, 1.807) is 25.4 Å². The summed E-state index contributed by atoms with van der Waals surface area (Å²) in [6, 6.07) is 28.7. The van der Waals surface area contributed by atoms with E-state index >= 15 is 0 Å². The molecule has 0 spiro atoms. The lowest BCUT2D eigenvalue weighted by Gasteiger charge is -2.13. The van der Waals surface area contributed by atoms with Crippen LogP contribution in [0.2, 0.25) is 0 Å². The molecule has 0 aliphatic heterocycles. The molecule has 0 amide bonds. The molecule has 3 aromatic heterocycles. The molecule has 9 heteroatoms. The van der Waals surface area contributed by atoms with Gasteiger partial charge >= 0.3 is 0 Å². The highest BCUT2D eigenvalue weighted by molar-refractivity contribution is 6.00.